The second-order valence-corrected chi connectivity index (χ2v) is 3.22. The Labute approximate surface area is 55.1 Å². The van der Waals surface area contributed by atoms with E-state index in [0.29, 0.717) is 0 Å². The van der Waals surface area contributed by atoms with Crippen LogP contribution in [-0.2, 0) is 0 Å². The predicted molar refractivity (Wildman–Crippen MR) is 33.5 cm³/mol. The van der Waals surface area contributed by atoms with Crippen molar-refractivity contribution in [2.75, 3.05) is 6.61 Å². The molecular formula is C7H11NO. The molecule has 1 fully saturated rings. The largest absolute Gasteiger partial charge is 0.396 e. The van der Waals surface area contributed by atoms with Gasteiger partial charge in [0.2, 0.25) is 0 Å². The quantitative estimate of drug-likeness (QED) is 0.562. The van der Waals surface area contributed by atoms with Gasteiger partial charge in [-0.1, -0.05) is 13.8 Å². The van der Waals surface area contributed by atoms with E-state index in [2.05, 4.69) is 6.07 Å². The Hall–Kier alpha value is -0.550. The van der Waals surface area contributed by atoms with E-state index < -0.39 is 0 Å². The van der Waals surface area contributed by atoms with Crippen molar-refractivity contribution in [1.82, 2.24) is 0 Å². The second-order valence-electron chi connectivity index (χ2n) is 3.22. The molecule has 1 aliphatic carbocycles. The average molecular weight is 125 g/mol. The molecule has 0 aromatic carbocycles. The van der Waals surface area contributed by atoms with Gasteiger partial charge in [0.25, 0.3) is 0 Å². The van der Waals surface area contributed by atoms with Crippen LogP contribution < -0.4 is 0 Å². The van der Waals surface area contributed by atoms with Gasteiger partial charge >= 0.3 is 0 Å². The highest BCUT2D eigenvalue weighted by atomic mass is 16.3. The summed E-state index contributed by atoms with van der Waals surface area (Å²) in [6.07, 6.45) is 0. The van der Waals surface area contributed by atoms with Gasteiger partial charge in [-0.3, -0.25) is 0 Å². The van der Waals surface area contributed by atoms with Crippen LogP contribution in [0.1, 0.15) is 13.8 Å². The van der Waals surface area contributed by atoms with Crippen LogP contribution in [0.15, 0.2) is 0 Å². The lowest BCUT2D eigenvalue weighted by Gasteiger charge is -1.95. The molecule has 0 aliphatic heterocycles. The van der Waals surface area contributed by atoms with Crippen molar-refractivity contribution in [3.8, 4) is 6.07 Å². The molecule has 0 saturated heterocycles. The molecule has 2 nitrogen and oxygen atoms in total. The van der Waals surface area contributed by atoms with Gasteiger partial charge in [-0.15, -0.1) is 0 Å². The van der Waals surface area contributed by atoms with Gasteiger partial charge in [0.05, 0.1) is 12.0 Å². The molecule has 0 aromatic heterocycles. The Morgan fingerprint density at radius 3 is 2.33 bits per heavy atom. The van der Waals surface area contributed by atoms with Gasteiger partial charge < -0.3 is 5.11 Å². The number of nitrogens with zero attached hydrogens (tertiary/aromatic N) is 1. The van der Waals surface area contributed by atoms with Gasteiger partial charge in [0.15, 0.2) is 0 Å². The number of hydrogen-bond donors (Lipinski definition) is 1. The number of rotatable bonds is 1. The molecule has 1 saturated carbocycles. The van der Waals surface area contributed by atoms with E-state index in [-0.39, 0.29) is 23.9 Å². The normalized spacial score (nSPS) is 37.6. The van der Waals surface area contributed by atoms with Crippen molar-refractivity contribution >= 4 is 0 Å². The van der Waals surface area contributed by atoms with Gasteiger partial charge in [-0.2, -0.15) is 5.26 Å². The predicted octanol–water partition coefficient (Wildman–Crippen LogP) is 0.774. The molecule has 1 rings (SSSR count). The summed E-state index contributed by atoms with van der Waals surface area (Å²) < 4.78 is 0. The first-order valence-electron chi connectivity index (χ1n) is 3.15. The molecule has 0 aromatic rings. The standard InChI is InChI=1S/C7H11NO/c1-7(2)5(3-8)6(7)4-9/h5-6,9H,4H2,1-2H3/t5?,6-/m0/s1. The summed E-state index contributed by atoms with van der Waals surface area (Å²) in [5.41, 5.74) is 0.0729. The number of hydrogen-bond acceptors (Lipinski definition) is 2. The van der Waals surface area contributed by atoms with E-state index >= 15 is 0 Å². The van der Waals surface area contributed by atoms with Gasteiger partial charge in [-0.05, 0) is 5.41 Å². The maximum absolute atomic E-state index is 8.69. The zero-order valence-electron chi connectivity index (χ0n) is 5.76. The maximum Gasteiger partial charge on any atom is 0.0665 e. The summed E-state index contributed by atoms with van der Waals surface area (Å²) in [6, 6.07) is 2.17. The highest BCUT2D eigenvalue weighted by Crippen LogP contribution is 2.57. The van der Waals surface area contributed by atoms with Crippen molar-refractivity contribution in [2.45, 2.75) is 13.8 Å². The molecule has 2 atom stereocenters. The van der Waals surface area contributed by atoms with Crippen LogP contribution in [0.2, 0.25) is 0 Å². The summed E-state index contributed by atoms with van der Waals surface area (Å²) in [4.78, 5) is 0. The van der Waals surface area contributed by atoms with Gasteiger partial charge in [0.1, 0.15) is 0 Å². The molecule has 0 heterocycles. The summed E-state index contributed by atoms with van der Waals surface area (Å²) in [6.45, 7) is 4.19. The topological polar surface area (TPSA) is 44.0 Å². The first-order valence-corrected chi connectivity index (χ1v) is 3.15. The van der Waals surface area contributed by atoms with E-state index in [4.69, 9.17) is 10.4 Å². The fourth-order valence-corrected chi connectivity index (χ4v) is 1.34. The lowest BCUT2D eigenvalue weighted by atomic mass is 10.1. The Balaban J connectivity index is 2.57. The summed E-state index contributed by atoms with van der Waals surface area (Å²) in [5.74, 6) is 0.310. The minimum Gasteiger partial charge on any atom is -0.396 e. The smallest absolute Gasteiger partial charge is 0.0665 e. The summed E-state index contributed by atoms with van der Waals surface area (Å²) >= 11 is 0. The maximum atomic E-state index is 8.69. The van der Waals surface area contributed by atoms with Crippen molar-refractivity contribution in [2.24, 2.45) is 17.3 Å². The zero-order valence-corrected chi connectivity index (χ0v) is 5.76. The van der Waals surface area contributed by atoms with E-state index in [0.717, 1.165) is 0 Å². The highest BCUT2D eigenvalue weighted by Gasteiger charge is 2.57. The third kappa shape index (κ3) is 0.727. The van der Waals surface area contributed by atoms with Gasteiger partial charge in [0, 0.05) is 12.5 Å². The second kappa shape index (κ2) is 1.71. The lowest BCUT2D eigenvalue weighted by Crippen LogP contribution is -1.93. The molecule has 1 unspecified atom stereocenters. The van der Waals surface area contributed by atoms with Crippen molar-refractivity contribution in [3.63, 3.8) is 0 Å². The Morgan fingerprint density at radius 1 is 1.67 bits per heavy atom. The van der Waals surface area contributed by atoms with Crippen molar-refractivity contribution in [1.29, 1.82) is 5.26 Å². The van der Waals surface area contributed by atoms with Crippen LogP contribution in [-0.4, -0.2) is 11.7 Å². The first-order chi connectivity index (χ1) is 4.14. The Bertz CT molecular complexity index is 157. The SMILES string of the molecule is CC1(C)C(C#N)[C@@H]1CO. The fraction of sp³-hybridized carbons (Fsp3) is 0.857. The minimum absolute atomic E-state index is 0.0729. The highest BCUT2D eigenvalue weighted by molar-refractivity contribution is 5.14. The molecule has 1 aliphatic rings. The molecule has 9 heavy (non-hydrogen) atoms. The van der Waals surface area contributed by atoms with E-state index in [1.165, 1.54) is 0 Å². The number of aliphatic hydroxyl groups excluding tert-OH is 1. The molecular weight excluding hydrogens is 114 g/mol. The molecule has 0 amide bonds. The van der Waals surface area contributed by atoms with E-state index in [1.54, 1.807) is 0 Å². The number of nitriles is 1. The van der Waals surface area contributed by atoms with E-state index in [1.807, 2.05) is 13.8 Å². The fourth-order valence-electron chi connectivity index (χ4n) is 1.34. The minimum atomic E-state index is 0.0729. The number of aliphatic hydroxyl groups is 1. The van der Waals surface area contributed by atoms with Gasteiger partial charge in [-0.25, -0.2) is 0 Å². The van der Waals surface area contributed by atoms with Crippen LogP contribution in [0.3, 0.4) is 0 Å². The molecule has 0 bridgehead atoms. The van der Waals surface area contributed by atoms with Crippen molar-refractivity contribution in [3.05, 3.63) is 0 Å². The first kappa shape index (κ1) is 6.57. The van der Waals surface area contributed by atoms with E-state index in [9.17, 15) is 0 Å². The van der Waals surface area contributed by atoms with Crippen LogP contribution in [0.4, 0.5) is 0 Å². The Morgan fingerprint density at radius 2 is 2.22 bits per heavy atom. The van der Waals surface area contributed by atoms with Crippen molar-refractivity contribution < 1.29 is 5.11 Å². The monoisotopic (exact) mass is 125 g/mol. The zero-order chi connectivity index (χ0) is 7.07. The third-order valence-corrected chi connectivity index (χ3v) is 2.39. The van der Waals surface area contributed by atoms with Crippen LogP contribution in [0.5, 0.6) is 0 Å². The summed E-state index contributed by atoms with van der Waals surface area (Å²) in [7, 11) is 0. The van der Waals surface area contributed by atoms with Crippen LogP contribution in [0, 0.1) is 28.6 Å². The molecule has 0 spiro atoms. The van der Waals surface area contributed by atoms with Crippen LogP contribution >= 0.6 is 0 Å². The molecule has 0 radical (unpaired) electrons. The lowest BCUT2D eigenvalue weighted by molar-refractivity contribution is 0.256. The molecule has 50 valence electrons. The molecule has 1 N–H and O–H groups in total. The third-order valence-electron chi connectivity index (χ3n) is 2.39. The summed E-state index contributed by atoms with van der Waals surface area (Å²) in [5, 5.41) is 17.2. The Kier molecular flexibility index (Phi) is 1.25. The average Bonchev–Trinajstić information content (AvgIpc) is 2.32. The molecule has 2 heteroatoms. The van der Waals surface area contributed by atoms with Crippen LogP contribution in [0.25, 0.3) is 0 Å².